The maximum Gasteiger partial charge on any atom is 0.308 e. The van der Waals surface area contributed by atoms with Crippen molar-refractivity contribution >= 4 is 28.6 Å². The van der Waals surface area contributed by atoms with Gasteiger partial charge in [0.25, 0.3) is 0 Å². The van der Waals surface area contributed by atoms with Crippen LogP contribution in [0.3, 0.4) is 0 Å². The lowest BCUT2D eigenvalue weighted by Crippen LogP contribution is -2.44. The molecule has 0 spiro atoms. The summed E-state index contributed by atoms with van der Waals surface area (Å²) < 4.78 is 10.4. The number of aliphatic hydroxyl groups is 1. The molecule has 3 heterocycles. The van der Waals surface area contributed by atoms with Crippen LogP contribution in [0.25, 0.3) is 10.9 Å². The molecule has 0 radical (unpaired) electrons. The van der Waals surface area contributed by atoms with Gasteiger partial charge in [-0.3, -0.25) is 9.78 Å². The average Bonchev–Trinajstić information content (AvgIpc) is 3.38. The van der Waals surface area contributed by atoms with Gasteiger partial charge in [-0.05, 0) is 86.3 Å². The van der Waals surface area contributed by atoms with E-state index < -0.39 is 18.0 Å². The summed E-state index contributed by atoms with van der Waals surface area (Å²) in [7, 11) is 1.62. The fourth-order valence-corrected chi connectivity index (χ4v) is 5.58. The first kappa shape index (κ1) is 24.6. The number of carbonyl (C=O) groups is 1. The van der Waals surface area contributed by atoms with Crippen LogP contribution in [0.5, 0.6) is 5.75 Å². The zero-order chi connectivity index (χ0) is 23.9. The van der Waals surface area contributed by atoms with Crippen LogP contribution >= 0.6 is 11.8 Å². The number of ether oxygens (including phenoxy) is 1. The number of methoxy groups -OCH3 is 1. The molecule has 0 bridgehead atoms. The number of rotatable bonds is 11. The van der Waals surface area contributed by atoms with E-state index in [0.29, 0.717) is 19.4 Å². The molecule has 2 N–H and O–H groups in total. The number of thioether (sulfide) groups is 1. The van der Waals surface area contributed by atoms with E-state index in [1.165, 1.54) is 0 Å². The third-order valence-electron chi connectivity index (χ3n) is 6.69. The molecule has 1 aliphatic rings. The fourth-order valence-electron chi connectivity index (χ4n) is 4.80. The summed E-state index contributed by atoms with van der Waals surface area (Å²) in [6, 6.07) is 9.42. The second kappa shape index (κ2) is 11.7. The molecule has 1 aliphatic heterocycles. The van der Waals surface area contributed by atoms with E-state index in [-0.39, 0.29) is 5.92 Å². The van der Waals surface area contributed by atoms with Crippen molar-refractivity contribution in [1.82, 2.24) is 9.88 Å². The topological polar surface area (TPSA) is 96.0 Å². The number of aliphatic carboxylic acids is 1. The first-order valence-electron chi connectivity index (χ1n) is 11.8. The molecule has 34 heavy (non-hydrogen) atoms. The summed E-state index contributed by atoms with van der Waals surface area (Å²) in [5.41, 5.74) is 1.61. The van der Waals surface area contributed by atoms with Gasteiger partial charge in [0.15, 0.2) is 0 Å². The monoisotopic (exact) mass is 484 g/mol. The van der Waals surface area contributed by atoms with Gasteiger partial charge >= 0.3 is 5.97 Å². The Bertz CT molecular complexity index is 1070. The standard InChI is InChI=1S/C26H32N2O5S/c1-32-19-4-5-24-22(15-19)21(7-10-27-24)25(29)6-3-18-8-12-28(16-23(18)26(30)31)11-2-14-34-20-9-13-33-17-20/h4-5,7,9-10,13,15,17-18,23,25,29H,2-3,6,8,11-12,14,16H2,1H3,(H,30,31)/t18-,23+,25+/m1/s1. The lowest BCUT2D eigenvalue weighted by Gasteiger charge is -2.37. The smallest absolute Gasteiger partial charge is 0.308 e. The summed E-state index contributed by atoms with van der Waals surface area (Å²) in [5, 5.41) is 21.7. The number of piperidine rings is 1. The average molecular weight is 485 g/mol. The van der Waals surface area contributed by atoms with Gasteiger partial charge in [-0.15, -0.1) is 11.8 Å². The number of carboxylic acid groups (broad SMARTS) is 1. The lowest BCUT2D eigenvalue weighted by atomic mass is 9.81. The Morgan fingerprint density at radius 2 is 2.24 bits per heavy atom. The van der Waals surface area contributed by atoms with Crippen LogP contribution < -0.4 is 4.74 Å². The lowest BCUT2D eigenvalue weighted by molar-refractivity contribution is -0.146. The van der Waals surface area contributed by atoms with Crippen LogP contribution in [-0.2, 0) is 4.79 Å². The minimum atomic E-state index is -0.740. The highest BCUT2D eigenvalue weighted by molar-refractivity contribution is 7.99. The molecule has 4 rings (SSSR count). The molecule has 0 unspecified atom stereocenters. The number of aromatic nitrogens is 1. The molecule has 8 heteroatoms. The van der Waals surface area contributed by atoms with Crippen molar-refractivity contribution in [3.05, 3.63) is 54.6 Å². The number of carboxylic acids is 1. The Hall–Kier alpha value is -2.55. The normalized spacial score (nSPS) is 19.8. The van der Waals surface area contributed by atoms with Crippen molar-refractivity contribution < 1.29 is 24.2 Å². The van der Waals surface area contributed by atoms with Crippen molar-refractivity contribution in [2.75, 3.05) is 32.5 Å². The summed E-state index contributed by atoms with van der Waals surface area (Å²) >= 11 is 1.76. The Labute approximate surface area is 204 Å². The van der Waals surface area contributed by atoms with Crippen molar-refractivity contribution in [2.45, 2.75) is 36.7 Å². The number of hydrogen-bond acceptors (Lipinski definition) is 7. The molecule has 3 atom stereocenters. The van der Waals surface area contributed by atoms with E-state index >= 15 is 0 Å². The van der Waals surface area contributed by atoms with E-state index in [1.54, 1.807) is 37.6 Å². The number of aliphatic hydroxyl groups excluding tert-OH is 1. The maximum absolute atomic E-state index is 12.0. The van der Waals surface area contributed by atoms with Gasteiger partial charge in [-0.2, -0.15) is 0 Å². The van der Waals surface area contributed by atoms with E-state index in [0.717, 1.165) is 58.8 Å². The molecular formula is C26H32N2O5S. The number of benzene rings is 1. The molecular weight excluding hydrogens is 452 g/mol. The van der Waals surface area contributed by atoms with Gasteiger partial charge in [0.05, 0.1) is 30.9 Å². The van der Waals surface area contributed by atoms with Gasteiger partial charge < -0.3 is 24.3 Å². The van der Waals surface area contributed by atoms with Crippen LogP contribution in [0, 0.1) is 11.8 Å². The number of likely N-dealkylation sites (tertiary alicyclic amines) is 1. The molecule has 0 saturated carbocycles. The van der Waals surface area contributed by atoms with Crippen molar-refractivity contribution in [3.63, 3.8) is 0 Å². The van der Waals surface area contributed by atoms with E-state index in [2.05, 4.69) is 9.88 Å². The molecule has 2 aromatic heterocycles. The van der Waals surface area contributed by atoms with E-state index in [9.17, 15) is 15.0 Å². The van der Waals surface area contributed by atoms with Crippen molar-refractivity contribution in [2.24, 2.45) is 11.8 Å². The third-order valence-corrected chi connectivity index (χ3v) is 7.75. The van der Waals surface area contributed by atoms with Crippen LogP contribution in [0.15, 0.2) is 58.4 Å². The molecule has 1 saturated heterocycles. The molecule has 1 fully saturated rings. The fraction of sp³-hybridized carbons (Fsp3) is 0.462. The van der Waals surface area contributed by atoms with Crippen LogP contribution in [0.4, 0.5) is 0 Å². The Kier molecular flexibility index (Phi) is 8.48. The van der Waals surface area contributed by atoms with Gasteiger partial charge in [0.1, 0.15) is 12.0 Å². The highest BCUT2D eigenvalue weighted by Gasteiger charge is 2.34. The summed E-state index contributed by atoms with van der Waals surface area (Å²) in [6.07, 6.45) is 7.49. The van der Waals surface area contributed by atoms with E-state index in [4.69, 9.17) is 9.15 Å². The Balaban J connectivity index is 1.31. The SMILES string of the molecule is COc1ccc2nccc([C@@H](O)CC[C@@H]3CCN(CCCSc4ccoc4)C[C@@H]3C(=O)O)c2c1. The van der Waals surface area contributed by atoms with Crippen LogP contribution in [0.1, 0.15) is 37.4 Å². The number of hydrogen-bond donors (Lipinski definition) is 2. The van der Waals surface area contributed by atoms with Gasteiger partial charge in [0.2, 0.25) is 0 Å². The highest BCUT2D eigenvalue weighted by atomic mass is 32.2. The van der Waals surface area contributed by atoms with Gasteiger partial charge in [-0.25, -0.2) is 0 Å². The first-order valence-corrected chi connectivity index (χ1v) is 12.7. The molecule has 0 aliphatic carbocycles. The first-order chi connectivity index (χ1) is 16.5. The van der Waals surface area contributed by atoms with Crippen LogP contribution in [-0.4, -0.2) is 58.6 Å². The molecule has 3 aromatic rings. The summed E-state index contributed by atoms with van der Waals surface area (Å²) in [5.74, 6) is 0.614. The molecule has 1 aromatic carbocycles. The zero-order valence-corrected chi connectivity index (χ0v) is 20.2. The number of fused-ring (bicyclic) bond motifs is 1. The zero-order valence-electron chi connectivity index (χ0n) is 19.4. The Morgan fingerprint density at radius 3 is 3.00 bits per heavy atom. The highest BCUT2D eigenvalue weighted by Crippen LogP contribution is 2.34. The number of pyridine rings is 1. The summed E-state index contributed by atoms with van der Waals surface area (Å²) in [6.45, 7) is 2.37. The van der Waals surface area contributed by atoms with Crippen molar-refractivity contribution in [3.8, 4) is 5.75 Å². The predicted octanol–water partition coefficient (Wildman–Crippen LogP) is 4.86. The third kappa shape index (κ3) is 6.11. The minimum absolute atomic E-state index is 0.0614. The second-order valence-electron chi connectivity index (χ2n) is 8.83. The molecule has 0 amide bonds. The van der Waals surface area contributed by atoms with Gasteiger partial charge in [-0.1, -0.05) is 0 Å². The predicted molar refractivity (Wildman–Crippen MR) is 132 cm³/mol. The molecule has 7 nitrogen and oxygen atoms in total. The second-order valence-corrected chi connectivity index (χ2v) is 10.00. The quantitative estimate of drug-likeness (QED) is 0.294. The van der Waals surface area contributed by atoms with Gasteiger partial charge in [0, 0.05) is 23.0 Å². The molecule has 182 valence electrons. The maximum atomic E-state index is 12.0. The van der Waals surface area contributed by atoms with E-state index in [1.807, 2.05) is 30.3 Å². The van der Waals surface area contributed by atoms with Crippen molar-refractivity contribution in [1.29, 1.82) is 0 Å². The number of nitrogens with zero attached hydrogens (tertiary/aromatic N) is 2. The number of furan rings is 1. The minimum Gasteiger partial charge on any atom is -0.497 e. The Morgan fingerprint density at radius 1 is 1.35 bits per heavy atom. The summed E-state index contributed by atoms with van der Waals surface area (Å²) in [4.78, 5) is 19.8. The van der Waals surface area contributed by atoms with Crippen LogP contribution in [0.2, 0.25) is 0 Å². The largest absolute Gasteiger partial charge is 0.497 e.